The average molecular weight is 249 g/mol. The second kappa shape index (κ2) is 5.73. The molecule has 18 heavy (non-hydrogen) atoms. The van der Waals surface area contributed by atoms with Crippen molar-refractivity contribution < 1.29 is 9.53 Å². The predicted molar refractivity (Wildman–Crippen MR) is 72.4 cm³/mol. The number of carbonyl (C=O) groups is 1. The van der Waals surface area contributed by atoms with E-state index in [9.17, 15) is 4.79 Å². The second-order valence-electron chi connectivity index (χ2n) is 4.35. The van der Waals surface area contributed by atoms with Crippen molar-refractivity contribution in [3.8, 4) is 5.75 Å². The summed E-state index contributed by atoms with van der Waals surface area (Å²) in [7, 11) is 3.96. The van der Waals surface area contributed by atoms with Gasteiger partial charge in [-0.05, 0) is 25.2 Å². The van der Waals surface area contributed by atoms with Crippen molar-refractivity contribution >= 4 is 17.3 Å². The number of likely N-dealkylation sites (N-methyl/N-ethyl adjacent to an activating group) is 2. The Morgan fingerprint density at radius 1 is 1.50 bits per heavy atom. The summed E-state index contributed by atoms with van der Waals surface area (Å²) in [6, 6.07) is 5.87. The third-order valence-electron chi connectivity index (χ3n) is 2.96. The van der Waals surface area contributed by atoms with Crippen molar-refractivity contribution in [3.05, 3.63) is 18.2 Å². The van der Waals surface area contributed by atoms with E-state index in [4.69, 9.17) is 4.74 Å². The summed E-state index contributed by atoms with van der Waals surface area (Å²) in [5, 5.41) is 5.98. The van der Waals surface area contributed by atoms with Crippen LogP contribution in [0.5, 0.6) is 5.75 Å². The minimum atomic E-state index is 0.00350. The molecule has 0 saturated heterocycles. The van der Waals surface area contributed by atoms with E-state index in [1.807, 2.05) is 32.3 Å². The Hall–Kier alpha value is -1.75. The highest BCUT2D eigenvalue weighted by Crippen LogP contribution is 2.31. The zero-order valence-electron chi connectivity index (χ0n) is 10.8. The van der Waals surface area contributed by atoms with E-state index in [-0.39, 0.29) is 5.91 Å². The number of fused-ring (bicyclic) bond motifs is 1. The number of anilines is 2. The predicted octanol–water partition coefficient (Wildman–Crippen LogP) is 1.06. The average Bonchev–Trinajstić information content (AvgIpc) is 2.55. The summed E-state index contributed by atoms with van der Waals surface area (Å²) in [4.78, 5) is 13.6. The van der Waals surface area contributed by atoms with Crippen LogP contribution in [0.1, 0.15) is 6.42 Å². The molecule has 1 aliphatic rings. The molecule has 1 aromatic carbocycles. The van der Waals surface area contributed by atoms with Gasteiger partial charge in [-0.3, -0.25) is 4.79 Å². The molecule has 2 rings (SSSR count). The van der Waals surface area contributed by atoms with Crippen LogP contribution < -0.4 is 20.3 Å². The van der Waals surface area contributed by atoms with Crippen LogP contribution in [-0.4, -0.2) is 39.7 Å². The molecule has 0 unspecified atom stereocenters. The molecule has 1 amide bonds. The topological polar surface area (TPSA) is 53.6 Å². The van der Waals surface area contributed by atoms with Gasteiger partial charge in [0.1, 0.15) is 5.75 Å². The summed E-state index contributed by atoms with van der Waals surface area (Å²) < 4.78 is 5.52. The Kier molecular flexibility index (Phi) is 4.04. The van der Waals surface area contributed by atoms with Gasteiger partial charge in [0, 0.05) is 25.8 Å². The largest absolute Gasteiger partial charge is 0.491 e. The molecule has 0 aromatic heterocycles. The van der Waals surface area contributed by atoms with Crippen LogP contribution in [0.15, 0.2) is 18.2 Å². The minimum Gasteiger partial charge on any atom is -0.491 e. The molecule has 0 spiro atoms. The van der Waals surface area contributed by atoms with Crippen molar-refractivity contribution in [2.24, 2.45) is 0 Å². The van der Waals surface area contributed by atoms with Crippen LogP contribution in [0.3, 0.4) is 0 Å². The normalized spacial score (nSPS) is 14.2. The maximum atomic E-state index is 11.5. The van der Waals surface area contributed by atoms with Crippen molar-refractivity contribution in [1.82, 2.24) is 5.32 Å². The van der Waals surface area contributed by atoms with E-state index in [1.54, 1.807) is 0 Å². The summed E-state index contributed by atoms with van der Waals surface area (Å²) in [6.07, 6.45) is 0.402. The first-order chi connectivity index (χ1) is 8.70. The minimum absolute atomic E-state index is 0.00350. The number of hydrogen-bond acceptors (Lipinski definition) is 4. The first-order valence-electron chi connectivity index (χ1n) is 6.13. The van der Waals surface area contributed by atoms with Gasteiger partial charge in [-0.2, -0.15) is 0 Å². The molecule has 2 N–H and O–H groups in total. The third kappa shape index (κ3) is 2.92. The van der Waals surface area contributed by atoms with Gasteiger partial charge in [-0.25, -0.2) is 0 Å². The Balaban J connectivity index is 2.17. The highest BCUT2D eigenvalue weighted by atomic mass is 16.5. The summed E-state index contributed by atoms with van der Waals surface area (Å²) in [6.45, 7) is 2.26. The first kappa shape index (κ1) is 12.7. The fourth-order valence-electron chi connectivity index (χ4n) is 1.85. The molecule has 0 saturated carbocycles. The SMILES string of the molecule is CNCCN(C)c1ccc2c(c1)NC(=O)CCO2. The number of benzene rings is 1. The van der Waals surface area contributed by atoms with Crippen molar-refractivity contribution in [2.75, 3.05) is 44.0 Å². The highest BCUT2D eigenvalue weighted by molar-refractivity contribution is 5.93. The quantitative estimate of drug-likeness (QED) is 0.838. The monoisotopic (exact) mass is 249 g/mol. The van der Waals surface area contributed by atoms with E-state index < -0.39 is 0 Å². The van der Waals surface area contributed by atoms with Crippen LogP contribution in [0.4, 0.5) is 11.4 Å². The van der Waals surface area contributed by atoms with E-state index in [1.165, 1.54) is 0 Å². The number of amides is 1. The number of ether oxygens (including phenoxy) is 1. The second-order valence-corrected chi connectivity index (χ2v) is 4.35. The molecule has 0 bridgehead atoms. The Morgan fingerprint density at radius 2 is 2.33 bits per heavy atom. The Morgan fingerprint density at radius 3 is 3.11 bits per heavy atom. The van der Waals surface area contributed by atoms with E-state index in [0.717, 1.165) is 30.2 Å². The van der Waals surface area contributed by atoms with Crippen molar-refractivity contribution in [3.63, 3.8) is 0 Å². The molecule has 0 aliphatic carbocycles. The highest BCUT2D eigenvalue weighted by Gasteiger charge is 2.14. The molecule has 98 valence electrons. The first-order valence-corrected chi connectivity index (χ1v) is 6.13. The molecule has 1 aliphatic heterocycles. The number of nitrogens with one attached hydrogen (secondary N) is 2. The van der Waals surface area contributed by atoms with Crippen molar-refractivity contribution in [1.29, 1.82) is 0 Å². The zero-order valence-corrected chi connectivity index (χ0v) is 10.8. The van der Waals surface area contributed by atoms with Crippen molar-refractivity contribution in [2.45, 2.75) is 6.42 Å². The molecule has 0 fully saturated rings. The maximum Gasteiger partial charge on any atom is 0.227 e. The molecule has 5 heteroatoms. The number of carbonyl (C=O) groups excluding carboxylic acids is 1. The lowest BCUT2D eigenvalue weighted by atomic mass is 10.2. The summed E-state index contributed by atoms with van der Waals surface area (Å²) >= 11 is 0. The number of rotatable bonds is 4. The summed E-state index contributed by atoms with van der Waals surface area (Å²) in [5.74, 6) is 0.746. The van der Waals surface area contributed by atoms with Gasteiger partial charge in [-0.1, -0.05) is 0 Å². The standard InChI is InChI=1S/C13H19N3O2/c1-14-6-7-16(2)10-3-4-12-11(9-10)15-13(17)5-8-18-12/h3-4,9,14H,5-8H2,1-2H3,(H,15,17). The molecule has 0 radical (unpaired) electrons. The lowest BCUT2D eigenvalue weighted by Crippen LogP contribution is -2.27. The van der Waals surface area contributed by atoms with Gasteiger partial charge in [-0.15, -0.1) is 0 Å². The lowest BCUT2D eigenvalue weighted by Gasteiger charge is -2.20. The third-order valence-corrected chi connectivity index (χ3v) is 2.96. The van der Waals surface area contributed by atoms with Crippen LogP contribution >= 0.6 is 0 Å². The summed E-state index contributed by atoms with van der Waals surface area (Å²) in [5.41, 5.74) is 1.82. The number of hydrogen-bond donors (Lipinski definition) is 2. The Labute approximate surface area is 107 Å². The van der Waals surface area contributed by atoms with Gasteiger partial charge in [0.15, 0.2) is 0 Å². The molecular formula is C13H19N3O2. The molecule has 1 heterocycles. The molecule has 5 nitrogen and oxygen atoms in total. The van der Waals surface area contributed by atoms with E-state index in [2.05, 4.69) is 15.5 Å². The van der Waals surface area contributed by atoms with Gasteiger partial charge >= 0.3 is 0 Å². The van der Waals surface area contributed by atoms with Crippen LogP contribution in [-0.2, 0) is 4.79 Å². The van der Waals surface area contributed by atoms with E-state index in [0.29, 0.717) is 13.0 Å². The fraction of sp³-hybridized carbons (Fsp3) is 0.462. The molecule has 0 atom stereocenters. The van der Waals surface area contributed by atoms with Crippen LogP contribution in [0.2, 0.25) is 0 Å². The van der Waals surface area contributed by atoms with Gasteiger partial charge < -0.3 is 20.3 Å². The van der Waals surface area contributed by atoms with Gasteiger partial charge in [0.05, 0.1) is 18.7 Å². The lowest BCUT2D eigenvalue weighted by molar-refractivity contribution is -0.116. The van der Waals surface area contributed by atoms with Gasteiger partial charge in [0.25, 0.3) is 0 Å². The number of nitrogens with zero attached hydrogens (tertiary/aromatic N) is 1. The Bertz CT molecular complexity index is 434. The smallest absolute Gasteiger partial charge is 0.227 e. The van der Waals surface area contributed by atoms with Gasteiger partial charge in [0.2, 0.25) is 5.91 Å². The van der Waals surface area contributed by atoms with E-state index >= 15 is 0 Å². The fourth-order valence-corrected chi connectivity index (χ4v) is 1.85. The zero-order chi connectivity index (χ0) is 13.0. The molecule has 1 aromatic rings. The van der Waals surface area contributed by atoms with Crippen LogP contribution in [0.25, 0.3) is 0 Å². The molecular weight excluding hydrogens is 230 g/mol. The maximum absolute atomic E-state index is 11.5. The van der Waals surface area contributed by atoms with Crippen LogP contribution in [0, 0.1) is 0 Å².